The van der Waals surface area contributed by atoms with Gasteiger partial charge in [-0.25, -0.2) is 8.78 Å². The van der Waals surface area contributed by atoms with Crippen LogP contribution in [0.3, 0.4) is 0 Å². The molecule has 2 bridgehead atoms. The van der Waals surface area contributed by atoms with Crippen LogP contribution >= 0.6 is 0 Å². The minimum atomic E-state index is -2.47. The molecule has 0 aromatic carbocycles. The number of amides is 1. The third-order valence-electron chi connectivity index (χ3n) is 5.41. The van der Waals surface area contributed by atoms with Crippen LogP contribution in [-0.2, 0) is 4.79 Å². The van der Waals surface area contributed by atoms with Gasteiger partial charge in [0.05, 0.1) is 13.1 Å². The lowest BCUT2D eigenvalue weighted by Crippen LogP contribution is -2.44. The molecule has 108 valence electrons. The van der Waals surface area contributed by atoms with Crippen LogP contribution in [0.25, 0.3) is 0 Å². The van der Waals surface area contributed by atoms with Crippen LogP contribution in [0.15, 0.2) is 0 Å². The second-order valence-corrected chi connectivity index (χ2v) is 6.34. The summed E-state index contributed by atoms with van der Waals surface area (Å²) in [5, 5.41) is 5.54. The van der Waals surface area contributed by atoms with Crippen LogP contribution in [0, 0.1) is 23.7 Å². The van der Waals surface area contributed by atoms with Gasteiger partial charge >= 0.3 is 0 Å². The molecule has 0 aromatic heterocycles. The van der Waals surface area contributed by atoms with Gasteiger partial charge in [0.15, 0.2) is 0 Å². The van der Waals surface area contributed by atoms with E-state index in [1.807, 2.05) is 0 Å². The molecule has 0 radical (unpaired) electrons. The molecule has 5 unspecified atom stereocenters. The van der Waals surface area contributed by atoms with E-state index in [1.165, 1.54) is 32.1 Å². The van der Waals surface area contributed by atoms with Gasteiger partial charge in [0.1, 0.15) is 0 Å². The summed E-state index contributed by atoms with van der Waals surface area (Å²) >= 11 is 0. The largest absolute Gasteiger partial charge is 0.349 e. The summed E-state index contributed by atoms with van der Waals surface area (Å²) in [6, 6.07) is 0.432. The normalized spacial score (nSPS) is 39.8. The van der Waals surface area contributed by atoms with Gasteiger partial charge in [-0.2, -0.15) is 0 Å². The monoisotopic (exact) mass is 272 g/mol. The molecule has 3 rings (SSSR count). The number of halogens is 2. The fourth-order valence-electron chi connectivity index (χ4n) is 4.78. The van der Waals surface area contributed by atoms with Crippen LogP contribution in [0.5, 0.6) is 0 Å². The van der Waals surface area contributed by atoms with E-state index in [4.69, 9.17) is 0 Å². The zero-order valence-corrected chi connectivity index (χ0v) is 11.1. The fourth-order valence-corrected chi connectivity index (χ4v) is 4.78. The average Bonchev–Trinajstić information content (AvgIpc) is 3.04. The highest BCUT2D eigenvalue weighted by Gasteiger charge is 2.53. The third kappa shape index (κ3) is 2.62. The quantitative estimate of drug-likeness (QED) is 0.801. The molecular formula is C14H22F2N2O. The standard InChI is InChI=1S/C14H22F2N2O/c15-13(16)6-18-14(19)7-17-12-5-8-4-11(12)10-3-1-2-9(8)10/h8-13,17H,1-7H2,(H,18,19). The summed E-state index contributed by atoms with van der Waals surface area (Å²) in [5.74, 6) is 3.06. The summed E-state index contributed by atoms with van der Waals surface area (Å²) in [5.41, 5.74) is 0. The zero-order chi connectivity index (χ0) is 13.4. The Bertz CT molecular complexity index is 350. The van der Waals surface area contributed by atoms with E-state index in [0.717, 1.165) is 23.7 Å². The lowest BCUT2D eigenvalue weighted by Gasteiger charge is -2.32. The molecule has 5 heteroatoms. The molecule has 3 fully saturated rings. The SMILES string of the molecule is O=C(CNC1CC2CC1C1CCCC21)NCC(F)F. The Hall–Kier alpha value is -0.710. The van der Waals surface area contributed by atoms with E-state index in [2.05, 4.69) is 10.6 Å². The lowest BCUT2D eigenvalue weighted by molar-refractivity contribution is -0.121. The smallest absolute Gasteiger partial charge is 0.255 e. The minimum Gasteiger partial charge on any atom is -0.349 e. The van der Waals surface area contributed by atoms with Crippen molar-refractivity contribution in [1.29, 1.82) is 0 Å². The number of fused-ring (bicyclic) bond motifs is 5. The van der Waals surface area contributed by atoms with E-state index in [1.54, 1.807) is 0 Å². The maximum Gasteiger partial charge on any atom is 0.255 e. The van der Waals surface area contributed by atoms with Crippen molar-refractivity contribution in [2.75, 3.05) is 13.1 Å². The molecule has 3 aliphatic carbocycles. The van der Waals surface area contributed by atoms with E-state index in [9.17, 15) is 13.6 Å². The predicted molar refractivity (Wildman–Crippen MR) is 67.8 cm³/mol. The van der Waals surface area contributed by atoms with Crippen molar-refractivity contribution < 1.29 is 13.6 Å². The molecule has 0 spiro atoms. The summed E-state index contributed by atoms with van der Waals surface area (Å²) in [7, 11) is 0. The highest BCUT2D eigenvalue weighted by Crippen LogP contribution is 2.58. The third-order valence-corrected chi connectivity index (χ3v) is 5.41. The number of hydrogen-bond acceptors (Lipinski definition) is 2. The van der Waals surface area contributed by atoms with Gasteiger partial charge in [-0.05, 0) is 49.4 Å². The molecule has 3 saturated carbocycles. The number of carbonyl (C=O) groups is 1. The van der Waals surface area contributed by atoms with Gasteiger partial charge in [0.2, 0.25) is 5.91 Å². The van der Waals surface area contributed by atoms with E-state index < -0.39 is 13.0 Å². The van der Waals surface area contributed by atoms with Gasteiger partial charge in [-0.1, -0.05) is 6.42 Å². The molecule has 3 nitrogen and oxygen atoms in total. The molecule has 0 heterocycles. The van der Waals surface area contributed by atoms with Gasteiger partial charge in [0, 0.05) is 6.04 Å². The summed E-state index contributed by atoms with van der Waals surface area (Å²) in [4.78, 5) is 11.4. The predicted octanol–water partition coefficient (Wildman–Crippen LogP) is 1.78. The topological polar surface area (TPSA) is 41.1 Å². The summed E-state index contributed by atoms with van der Waals surface area (Å²) in [6.07, 6.45) is 4.13. The Kier molecular flexibility index (Phi) is 3.74. The number of carbonyl (C=O) groups excluding carboxylic acids is 1. The van der Waals surface area contributed by atoms with Crippen molar-refractivity contribution >= 4 is 5.91 Å². The van der Waals surface area contributed by atoms with Crippen LogP contribution in [0.1, 0.15) is 32.1 Å². The van der Waals surface area contributed by atoms with Crippen LogP contribution in [0.2, 0.25) is 0 Å². The highest BCUT2D eigenvalue weighted by molar-refractivity contribution is 5.78. The number of nitrogens with one attached hydrogen (secondary N) is 2. The van der Waals surface area contributed by atoms with Crippen molar-refractivity contribution in [2.24, 2.45) is 23.7 Å². The van der Waals surface area contributed by atoms with Crippen molar-refractivity contribution in [1.82, 2.24) is 10.6 Å². The molecule has 5 atom stereocenters. The Morgan fingerprint density at radius 3 is 2.74 bits per heavy atom. The average molecular weight is 272 g/mol. The minimum absolute atomic E-state index is 0.179. The van der Waals surface area contributed by atoms with E-state index in [-0.39, 0.29) is 12.5 Å². The lowest BCUT2D eigenvalue weighted by atomic mass is 9.79. The Labute approximate surface area is 112 Å². The first-order chi connectivity index (χ1) is 9.15. The maximum absolute atomic E-state index is 12.0. The van der Waals surface area contributed by atoms with Crippen molar-refractivity contribution in [3.63, 3.8) is 0 Å². The van der Waals surface area contributed by atoms with Crippen molar-refractivity contribution in [3.05, 3.63) is 0 Å². The Morgan fingerprint density at radius 2 is 1.95 bits per heavy atom. The van der Waals surface area contributed by atoms with Crippen LogP contribution in [-0.4, -0.2) is 31.5 Å². The number of hydrogen-bond donors (Lipinski definition) is 2. The van der Waals surface area contributed by atoms with E-state index >= 15 is 0 Å². The van der Waals surface area contributed by atoms with Crippen molar-refractivity contribution in [2.45, 2.75) is 44.6 Å². The maximum atomic E-state index is 12.0. The van der Waals surface area contributed by atoms with Gasteiger partial charge < -0.3 is 10.6 Å². The second-order valence-electron chi connectivity index (χ2n) is 6.34. The van der Waals surface area contributed by atoms with Crippen LogP contribution in [0.4, 0.5) is 8.78 Å². The first-order valence-electron chi connectivity index (χ1n) is 7.43. The van der Waals surface area contributed by atoms with E-state index in [0.29, 0.717) is 6.04 Å². The molecular weight excluding hydrogens is 250 g/mol. The van der Waals surface area contributed by atoms with Gasteiger partial charge in [0.25, 0.3) is 6.43 Å². The number of alkyl halides is 2. The second kappa shape index (κ2) is 5.35. The molecule has 3 aliphatic rings. The number of rotatable bonds is 5. The van der Waals surface area contributed by atoms with Gasteiger partial charge in [-0.3, -0.25) is 4.79 Å². The van der Waals surface area contributed by atoms with Crippen molar-refractivity contribution in [3.8, 4) is 0 Å². The highest BCUT2D eigenvalue weighted by atomic mass is 19.3. The first-order valence-corrected chi connectivity index (χ1v) is 7.43. The molecule has 0 aromatic rings. The zero-order valence-electron chi connectivity index (χ0n) is 11.1. The Balaban J connectivity index is 1.44. The fraction of sp³-hybridized carbons (Fsp3) is 0.929. The Morgan fingerprint density at radius 1 is 1.16 bits per heavy atom. The first kappa shape index (κ1) is 13.3. The molecule has 0 saturated heterocycles. The summed E-state index contributed by atoms with van der Waals surface area (Å²) in [6.45, 7) is -0.361. The molecule has 2 N–H and O–H groups in total. The van der Waals surface area contributed by atoms with Gasteiger partial charge in [-0.15, -0.1) is 0 Å². The van der Waals surface area contributed by atoms with Crippen LogP contribution < -0.4 is 10.6 Å². The molecule has 19 heavy (non-hydrogen) atoms. The molecule has 1 amide bonds. The molecule has 0 aliphatic heterocycles. The summed E-state index contributed by atoms with van der Waals surface area (Å²) < 4.78 is 23.9.